The minimum Gasteiger partial charge on any atom is -0.311 e. The van der Waals surface area contributed by atoms with Crippen molar-refractivity contribution in [2.45, 2.75) is 20.4 Å². The SMILES string of the molecule is CC(C)CNCc1cnc(-n2cc(I)cn2)cn1. The summed E-state index contributed by atoms with van der Waals surface area (Å²) in [7, 11) is 0. The van der Waals surface area contributed by atoms with Gasteiger partial charge in [0.05, 0.1) is 27.9 Å². The third-order valence-electron chi connectivity index (χ3n) is 2.34. The molecule has 0 atom stereocenters. The summed E-state index contributed by atoms with van der Waals surface area (Å²) >= 11 is 2.22. The minimum atomic E-state index is 0.642. The Labute approximate surface area is 120 Å². The van der Waals surface area contributed by atoms with Crippen molar-refractivity contribution in [1.29, 1.82) is 0 Å². The van der Waals surface area contributed by atoms with Gasteiger partial charge in [0, 0.05) is 12.7 Å². The maximum Gasteiger partial charge on any atom is 0.171 e. The average Bonchev–Trinajstić information content (AvgIpc) is 2.76. The smallest absolute Gasteiger partial charge is 0.171 e. The molecule has 0 aliphatic carbocycles. The van der Waals surface area contributed by atoms with E-state index in [1.807, 2.05) is 6.20 Å². The zero-order valence-corrected chi connectivity index (χ0v) is 12.6. The summed E-state index contributed by atoms with van der Waals surface area (Å²) in [5.41, 5.74) is 0.946. The Bertz CT molecular complexity index is 491. The lowest BCUT2D eigenvalue weighted by Crippen LogP contribution is -2.19. The van der Waals surface area contributed by atoms with Gasteiger partial charge in [0.25, 0.3) is 0 Å². The highest BCUT2D eigenvalue weighted by atomic mass is 127. The molecule has 6 heteroatoms. The van der Waals surface area contributed by atoms with Crippen LogP contribution in [0.25, 0.3) is 5.82 Å². The van der Waals surface area contributed by atoms with Crippen molar-refractivity contribution in [3.05, 3.63) is 34.1 Å². The Kier molecular flexibility index (Phi) is 4.65. The summed E-state index contributed by atoms with van der Waals surface area (Å²) in [4.78, 5) is 8.73. The Morgan fingerprint density at radius 2 is 2.11 bits per heavy atom. The third kappa shape index (κ3) is 3.74. The highest BCUT2D eigenvalue weighted by Crippen LogP contribution is 2.06. The van der Waals surface area contributed by atoms with Crippen molar-refractivity contribution in [1.82, 2.24) is 25.1 Å². The summed E-state index contributed by atoms with van der Waals surface area (Å²) in [5.74, 6) is 1.38. The number of halogens is 1. The summed E-state index contributed by atoms with van der Waals surface area (Å²) in [5, 5.41) is 7.53. The van der Waals surface area contributed by atoms with Crippen LogP contribution in [0.3, 0.4) is 0 Å². The van der Waals surface area contributed by atoms with Gasteiger partial charge in [-0.1, -0.05) is 13.8 Å². The van der Waals surface area contributed by atoms with E-state index in [1.54, 1.807) is 23.3 Å². The van der Waals surface area contributed by atoms with Crippen LogP contribution in [0.1, 0.15) is 19.5 Å². The third-order valence-corrected chi connectivity index (χ3v) is 2.89. The zero-order chi connectivity index (χ0) is 13.0. The molecule has 0 bridgehead atoms. The molecule has 1 N–H and O–H groups in total. The van der Waals surface area contributed by atoms with Crippen LogP contribution < -0.4 is 5.32 Å². The lowest BCUT2D eigenvalue weighted by molar-refractivity contribution is 0.547. The van der Waals surface area contributed by atoms with Crippen LogP contribution in [-0.2, 0) is 6.54 Å². The monoisotopic (exact) mass is 357 g/mol. The lowest BCUT2D eigenvalue weighted by Gasteiger charge is -2.07. The molecule has 2 heterocycles. The van der Waals surface area contributed by atoms with Gasteiger partial charge in [-0.25, -0.2) is 9.67 Å². The van der Waals surface area contributed by atoms with Gasteiger partial charge in [0.2, 0.25) is 0 Å². The van der Waals surface area contributed by atoms with E-state index >= 15 is 0 Å². The van der Waals surface area contributed by atoms with Crippen molar-refractivity contribution in [2.75, 3.05) is 6.54 Å². The highest BCUT2D eigenvalue weighted by Gasteiger charge is 2.02. The molecule has 0 spiro atoms. The first-order valence-electron chi connectivity index (χ1n) is 5.87. The molecule has 0 saturated carbocycles. The second kappa shape index (κ2) is 6.24. The molecule has 0 aromatic carbocycles. The maximum absolute atomic E-state index is 4.37. The van der Waals surface area contributed by atoms with Crippen molar-refractivity contribution < 1.29 is 0 Å². The first kappa shape index (κ1) is 13.4. The van der Waals surface area contributed by atoms with Gasteiger partial charge in [0.1, 0.15) is 0 Å². The van der Waals surface area contributed by atoms with Gasteiger partial charge in [-0.15, -0.1) is 0 Å². The summed E-state index contributed by atoms with van der Waals surface area (Å²) < 4.78 is 2.80. The van der Waals surface area contributed by atoms with E-state index in [2.05, 4.69) is 56.8 Å². The molecule has 0 saturated heterocycles. The summed E-state index contributed by atoms with van der Waals surface area (Å²) in [6.45, 7) is 6.10. The normalized spacial score (nSPS) is 11.1. The fourth-order valence-corrected chi connectivity index (χ4v) is 1.86. The molecular weight excluding hydrogens is 341 g/mol. The second-order valence-electron chi connectivity index (χ2n) is 4.49. The van der Waals surface area contributed by atoms with Gasteiger partial charge < -0.3 is 5.32 Å². The molecule has 0 amide bonds. The second-order valence-corrected chi connectivity index (χ2v) is 5.74. The largest absolute Gasteiger partial charge is 0.311 e. The van der Waals surface area contributed by atoms with E-state index in [1.165, 1.54) is 0 Å². The number of rotatable bonds is 5. The van der Waals surface area contributed by atoms with Gasteiger partial charge in [-0.05, 0) is 35.1 Å². The van der Waals surface area contributed by atoms with Crippen molar-refractivity contribution in [3.63, 3.8) is 0 Å². The van der Waals surface area contributed by atoms with Gasteiger partial charge in [-0.2, -0.15) is 5.10 Å². The Morgan fingerprint density at radius 1 is 1.28 bits per heavy atom. The van der Waals surface area contributed by atoms with Gasteiger partial charge >= 0.3 is 0 Å². The molecule has 18 heavy (non-hydrogen) atoms. The Hall–Kier alpha value is -1.02. The molecule has 0 unspecified atom stereocenters. The molecule has 0 radical (unpaired) electrons. The minimum absolute atomic E-state index is 0.642. The van der Waals surface area contributed by atoms with Crippen LogP contribution >= 0.6 is 22.6 Å². The van der Waals surface area contributed by atoms with E-state index in [4.69, 9.17) is 0 Å². The predicted octanol–water partition coefficient (Wildman–Crippen LogP) is 2.01. The quantitative estimate of drug-likeness (QED) is 0.832. The first-order valence-corrected chi connectivity index (χ1v) is 6.95. The van der Waals surface area contributed by atoms with Crippen LogP contribution in [0, 0.1) is 9.49 Å². The predicted molar refractivity (Wildman–Crippen MR) is 78.4 cm³/mol. The fraction of sp³-hybridized carbons (Fsp3) is 0.417. The molecule has 96 valence electrons. The van der Waals surface area contributed by atoms with E-state index in [0.29, 0.717) is 5.92 Å². The van der Waals surface area contributed by atoms with Gasteiger partial charge in [0.15, 0.2) is 5.82 Å². The lowest BCUT2D eigenvalue weighted by atomic mass is 10.2. The number of hydrogen-bond donors (Lipinski definition) is 1. The van der Waals surface area contributed by atoms with Crippen LogP contribution in [0.15, 0.2) is 24.8 Å². The topological polar surface area (TPSA) is 55.6 Å². The van der Waals surface area contributed by atoms with Crippen LogP contribution in [0.4, 0.5) is 0 Å². The molecule has 0 fully saturated rings. The van der Waals surface area contributed by atoms with Crippen LogP contribution in [0.5, 0.6) is 0 Å². The Morgan fingerprint density at radius 3 is 2.67 bits per heavy atom. The van der Waals surface area contributed by atoms with E-state index in [-0.39, 0.29) is 0 Å². The molecule has 0 aliphatic rings. The van der Waals surface area contributed by atoms with Crippen molar-refractivity contribution in [2.24, 2.45) is 5.92 Å². The highest BCUT2D eigenvalue weighted by molar-refractivity contribution is 14.1. The average molecular weight is 357 g/mol. The first-order chi connectivity index (χ1) is 8.65. The van der Waals surface area contributed by atoms with Crippen molar-refractivity contribution >= 4 is 22.6 Å². The Balaban J connectivity index is 1.97. The summed E-state index contributed by atoms with van der Waals surface area (Å²) in [6, 6.07) is 0. The van der Waals surface area contributed by atoms with Gasteiger partial charge in [-0.3, -0.25) is 4.98 Å². The number of nitrogens with one attached hydrogen (secondary N) is 1. The fourth-order valence-electron chi connectivity index (χ4n) is 1.47. The molecule has 5 nitrogen and oxygen atoms in total. The maximum atomic E-state index is 4.37. The van der Waals surface area contributed by atoms with E-state index in [0.717, 1.165) is 28.2 Å². The molecular formula is C12H16IN5. The summed E-state index contributed by atoms with van der Waals surface area (Å²) in [6.07, 6.45) is 7.24. The molecule has 2 aromatic rings. The van der Waals surface area contributed by atoms with Crippen molar-refractivity contribution in [3.8, 4) is 5.82 Å². The van der Waals surface area contributed by atoms with Crippen LogP contribution in [0.2, 0.25) is 0 Å². The van der Waals surface area contributed by atoms with E-state index < -0.39 is 0 Å². The molecule has 0 aliphatic heterocycles. The molecule has 2 aromatic heterocycles. The zero-order valence-electron chi connectivity index (χ0n) is 10.5. The van der Waals surface area contributed by atoms with E-state index in [9.17, 15) is 0 Å². The standard InChI is InChI=1S/C12H16IN5/c1-9(2)3-14-5-11-6-16-12(7-15-11)18-8-10(13)4-17-18/h4,6-9,14H,3,5H2,1-2H3. The molecule has 2 rings (SSSR count). The number of aromatic nitrogens is 4. The number of nitrogens with zero attached hydrogens (tertiary/aromatic N) is 4. The number of hydrogen-bond acceptors (Lipinski definition) is 4. The van der Waals surface area contributed by atoms with Crippen LogP contribution in [-0.4, -0.2) is 26.3 Å².